The van der Waals surface area contributed by atoms with Gasteiger partial charge in [-0.15, -0.1) is 24.8 Å². The number of nitrogens with two attached hydrogens (primary N) is 1. The summed E-state index contributed by atoms with van der Waals surface area (Å²) in [4.78, 5) is 2.08. The van der Waals surface area contributed by atoms with Crippen LogP contribution < -0.4 is 5.73 Å². The minimum absolute atomic E-state index is 0. The lowest BCUT2D eigenvalue weighted by molar-refractivity contribution is 0.371. The molecule has 2 N–H and O–H groups in total. The van der Waals surface area contributed by atoms with Crippen molar-refractivity contribution >= 4 is 24.8 Å². The van der Waals surface area contributed by atoms with Gasteiger partial charge in [-0.1, -0.05) is 12.1 Å². The monoisotopic (exact) mass is 275 g/mol. The normalized spacial score (nSPS) is 11.0. The van der Waals surface area contributed by atoms with Crippen LogP contribution in [-0.2, 0) is 6.42 Å². The van der Waals surface area contributed by atoms with E-state index in [-0.39, 0.29) is 30.9 Å². The molecule has 0 aliphatic carbocycles. The molecule has 0 aliphatic heterocycles. The maximum Gasteiger partial charge on any atom is 0.0991 e. The third-order valence-electron chi connectivity index (χ3n) is 2.18. The molecule has 17 heavy (non-hydrogen) atoms. The van der Waals surface area contributed by atoms with Gasteiger partial charge in [-0.25, -0.2) is 0 Å². The summed E-state index contributed by atoms with van der Waals surface area (Å²) in [5.74, 6) is 0. The van der Waals surface area contributed by atoms with Gasteiger partial charge < -0.3 is 10.6 Å². The van der Waals surface area contributed by atoms with E-state index < -0.39 is 0 Å². The van der Waals surface area contributed by atoms with Crippen LogP contribution in [0.2, 0.25) is 0 Å². The van der Waals surface area contributed by atoms with Gasteiger partial charge in [0.15, 0.2) is 0 Å². The largest absolute Gasteiger partial charge is 0.326 e. The summed E-state index contributed by atoms with van der Waals surface area (Å²) in [5.41, 5.74) is 7.85. The minimum atomic E-state index is 0. The highest BCUT2D eigenvalue weighted by Crippen LogP contribution is 2.05. The van der Waals surface area contributed by atoms with E-state index in [1.54, 1.807) is 0 Å². The maximum atomic E-state index is 8.65. The van der Waals surface area contributed by atoms with Crippen LogP contribution in [0.15, 0.2) is 24.3 Å². The molecule has 0 bridgehead atoms. The van der Waals surface area contributed by atoms with Gasteiger partial charge in [-0.05, 0) is 38.2 Å². The third-order valence-corrected chi connectivity index (χ3v) is 2.18. The van der Waals surface area contributed by atoms with Gasteiger partial charge >= 0.3 is 0 Å². The van der Waals surface area contributed by atoms with Crippen molar-refractivity contribution in [3.05, 3.63) is 35.4 Å². The maximum absolute atomic E-state index is 8.65. The first-order valence-electron chi connectivity index (χ1n) is 5.01. The highest BCUT2D eigenvalue weighted by atomic mass is 35.5. The quantitative estimate of drug-likeness (QED) is 0.912. The molecule has 0 aliphatic rings. The zero-order valence-corrected chi connectivity index (χ0v) is 11.7. The molecule has 0 saturated heterocycles. The predicted octanol–water partition coefficient (Wildman–Crippen LogP) is 1.83. The Balaban J connectivity index is 0. The van der Waals surface area contributed by atoms with Gasteiger partial charge in [-0.2, -0.15) is 5.26 Å². The van der Waals surface area contributed by atoms with Gasteiger partial charge in [0.05, 0.1) is 11.6 Å². The van der Waals surface area contributed by atoms with E-state index in [1.165, 1.54) is 5.56 Å². The van der Waals surface area contributed by atoms with Crippen molar-refractivity contribution in [3.8, 4) is 6.07 Å². The second kappa shape index (κ2) is 9.26. The molecule has 5 heteroatoms. The van der Waals surface area contributed by atoms with Crippen molar-refractivity contribution in [2.24, 2.45) is 5.73 Å². The van der Waals surface area contributed by atoms with Crippen molar-refractivity contribution in [1.82, 2.24) is 4.90 Å². The summed E-state index contributed by atoms with van der Waals surface area (Å²) in [6.45, 7) is 0.875. The topological polar surface area (TPSA) is 53.0 Å². The van der Waals surface area contributed by atoms with E-state index in [0.29, 0.717) is 5.56 Å². The molecule has 0 aromatic heterocycles. The number of hydrogen-bond donors (Lipinski definition) is 1. The Morgan fingerprint density at radius 2 is 1.76 bits per heavy atom. The molecular weight excluding hydrogens is 257 g/mol. The zero-order valence-electron chi connectivity index (χ0n) is 10.1. The lowest BCUT2D eigenvalue weighted by Crippen LogP contribution is -2.34. The number of likely N-dealkylation sites (N-methyl/N-ethyl adjacent to an activating group) is 1. The number of nitriles is 1. The van der Waals surface area contributed by atoms with Crippen molar-refractivity contribution in [3.63, 3.8) is 0 Å². The van der Waals surface area contributed by atoms with E-state index in [9.17, 15) is 0 Å². The first kappa shape index (κ1) is 18.6. The fourth-order valence-electron chi connectivity index (χ4n) is 1.55. The molecule has 96 valence electrons. The SMILES string of the molecule is CN(C)C[C@H](N)Cc1ccc(C#N)cc1.Cl.Cl. The summed E-state index contributed by atoms with van der Waals surface area (Å²) in [6, 6.07) is 9.84. The van der Waals surface area contributed by atoms with E-state index in [4.69, 9.17) is 11.0 Å². The van der Waals surface area contributed by atoms with Gasteiger partial charge in [0, 0.05) is 12.6 Å². The molecule has 1 rings (SSSR count). The highest BCUT2D eigenvalue weighted by Gasteiger charge is 2.05. The Kier molecular flexibility index (Phi) is 10.1. The van der Waals surface area contributed by atoms with E-state index >= 15 is 0 Å². The molecule has 0 saturated carbocycles. The van der Waals surface area contributed by atoms with Crippen LogP contribution >= 0.6 is 24.8 Å². The van der Waals surface area contributed by atoms with Crippen molar-refractivity contribution in [2.75, 3.05) is 20.6 Å². The Morgan fingerprint density at radius 1 is 1.24 bits per heavy atom. The number of hydrogen-bond acceptors (Lipinski definition) is 3. The molecule has 3 nitrogen and oxygen atoms in total. The Labute approximate surface area is 115 Å². The Morgan fingerprint density at radius 3 is 2.18 bits per heavy atom. The van der Waals surface area contributed by atoms with E-state index in [0.717, 1.165) is 13.0 Å². The molecule has 0 amide bonds. The van der Waals surface area contributed by atoms with Gasteiger partial charge in [0.1, 0.15) is 0 Å². The molecule has 0 heterocycles. The fourth-order valence-corrected chi connectivity index (χ4v) is 1.55. The molecule has 0 fully saturated rings. The van der Waals surface area contributed by atoms with Crippen LogP contribution in [0.4, 0.5) is 0 Å². The third kappa shape index (κ3) is 7.19. The molecule has 1 atom stereocenters. The van der Waals surface area contributed by atoms with Gasteiger partial charge in [0.25, 0.3) is 0 Å². The minimum Gasteiger partial charge on any atom is -0.326 e. The summed E-state index contributed by atoms with van der Waals surface area (Å²) in [6.07, 6.45) is 0.851. The highest BCUT2D eigenvalue weighted by molar-refractivity contribution is 5.85. The molecule has 0 unspecified atom stereocenters. The lowest BCUT2D eigenvalue weighted by atomic mass is 10.0. The van der Waals surface area contributed by atoms with Crippen LogP contribution in [0, 0.1) is 11.3 Å². The zero-order chi connectivity index (χ0) is 11.3. The average Bonchev–Trinajstić information content (AvgIpc) is 2.17. The van der Waals surface area contributed by atoms with Gasteiger partial charge in [-0.3, -0.25) is 0 Å². The van der Waals surface area contributed by atoms with Crippen molar-refractivity contribution in [1.29, 1.82) is 5.26 Å². The summed E-state index contributed by atoms with van der Waals surface area (Å²) < 4.78 is 0. The lowest BCUT2D eigenvalue weighted by Gasteiger charge is -2.16. The Hall–Kier alpha value is -0.790. The van der Waals surface area contributed by atoms with Crippen LogP contribution in [0.5, 0.6) is 0 Å². The molecule has 1 aromatic rings. The summed E-state index contributed by atoms with van der Waals surface area (Å²) >= 11 is 0. The van der Waals surface area contributed by atoms with E-state index in [1.807, 2.05) is 38.4 Å². The standard InChI is InChI=1S/C12H17N3.2ClH/c1-15(2)9-12(14)7-10-3-5-11(8-13)6-4-10;;/h3-6,12H,7,9,14H2,1-2H3;2*1H/t12-;;/m1../s1. The van der Waals surface area contributed by atoms with Gasteiger partial charge in [0.2, 0.25) is 0 Å². The predicted molar refractivity (Wildman–Crippen MR) is 75.9 cm³/mol. The summed E-state index contributed by atoms with van der Waals surface area (Å²) in [7, 11) is 4.03. The van der Waals surface area contributed by atoms with Crippen LogP contribution in [0.25, 0.3) is 0 Å². The number of halogens is 2. The first-order chi connectivity index (χ1) is 7.11. The number of rotatable bonds is 4. The van der Waals surface area contributed by atoms with Crippen LogP contribution in [0.3, 0.4) is 0 Å². The van der Waals surface area contributed by atoms with Crippen molar-refractivity contribution < 1.29 is 0 Å². The van der Waals surface area contributed by atoms with Crippen LogP contribution in [0.1, 0.15) is 11.1 Å². The first-order valence-corrected chi connectivity index (χ1v) is 5.01. The molecular formula is C12H19Cl2N3. The average molecular weight is 276 g/mol. The summed E-state index contributed by atoms with van der Waals surface area (Å²) in [5, 5.41) is 8.65. The number of nitrogens with zero attached hydrogens (tertiary/aromatic N) is 2. The molecule has 0 spiro atoms. The number of benzene rings is 1. The van der Waals surface area contributed by atoms with Crippen molar-refractivity contribution in [2.45, 2.75) is 12.5 Å². The smallest absolute Gasteiger partial charge is 0.0991 e. The second-order valence-corrected chi connectivity index (χ2v) is 4.04. The second-order valence-electron chi connectivity index (χ2n) is 4.04. The fraction of sp³-hybridized carbons (Fsp3) is 0.417. The molecule has 0 radical (unpaired) electrons. The molecule has 1 aromatic carbocycles. The van der Waals surface area contributed by atoms with E-state index in [2.05, 4.69) is 11.0 Å². The van der Waals surface area contributed by atoms with Crippen LogP contribution in [-0.4, -0.2) is 31.6 Å². The Bertz CT molecular complexity index is 344.